The third kappa shape index (κ3) is 4.26. The van der Waals surface area contributed by atoms with Gasteiger partial charge in [-0.25, -0.2) is 9.59 Å². The van der Waals surface area contributed by atoms with Gasteiger partial charge < -0.3 is 20.1 Å². The van der Waals surface area contributed by atoms with Crippen molar-refractivity contribution in [1.82, 2.24) is 9.69 Å². The number of likely N-dealkylation sites (N-methyl/N-ethyl adjacent to an activating group) is 1. The van der Waals surface area contributed by atoms with Crippen LogP contribution in [-0.4, -0.2) is 47.1 Å². The predicted molar refractivity (Wildman–Crippen MR) is 130 cm³/mol. The summed E-state index contributed by atoms with van der Waals surface area (Å²) in [7, 11) is 1.48. The molecule has 3 aromatic rings. The number of hydrogen-bond donors (Lipinski definition) is 2. The summed E-state index contributed by atoms with van der Waals surface area (Å²) in [5.41, 5.74) is 4.78. The maximum Gasteiger partial charge on any atom is 0.407 e. The molecule has 176 valence electrons. The van der Waals surface area contributed by atoms with Crippen LogP contribution in [0.3, 0.4) is 0 Å². The maximum atomic E-state index is 13.0. The van der Waals surface area contributed by atoms with Gasteiger partial charge in [-0.1, -0.05) is 55.5 Å². The molecule has 1 aliphatic carbocycles. The molecule has 0 saturated heterocycles. The topological polar surface area (TPSA) is 109 Å². The van der Waals surface area contributed by atoms with E-state index in [4.69, 9.17) is 4.74 Å². The molecule has 0 fully saturated rings. The molecule has 0 spiro atoms. The average Bonchev–Trinajstić information content (AvgIpc) is 3.38. The number of aryl methyl sites for hydroxylation is 1. The first-order valence-corrected chi connectivity index (χ1v) is 11.7. The van der Waals surface area contributed by atoms with E-state index in [-0.39, 0.29) is 23.1 Å². The summed E-state index contributed by atoms with van der Waals surface area (Å²) in [4.78, 5) is 38.5. The third-order valence-corrected chi connectivity index (χ3v) is 7.05. The minimum absolute atomic E-state index is 0.0168. The van der Waals surface area contributed by atoms with Crippen molar-refractivity contribution in [2.45, 2.75) is 32.2 Å². The van der Waals surface area contributed by atoms with Gasteiger partial charge in [0.15, 0.2) is 0 Å². The SMILES string of the molecule is CC[C@@H](NC(=O)OCC1c2ccccc2-c2ccccc21)C(=O)N(C)c1snc(C)c1C(=O)O. The van der Waals surface area contributed by atoms with E-state index in [2.05, 4.69) is 21.8 Å². The number of alkyl carbamates (subject to hydrolysis) is 1. The van der Waals surface area contributed by atoms with Crippen molar-refractivity contribution in [3.8, 4) is 11.1 Å². The molecule has 8 nitrogen and oxygen atoms in total. The van der Waals surface area contributed by atoms with E-state index in [0.717, 1.165) is 33.8 Å². The first-order chi connectivity index (χ1) is 16.3. The van der Waals surface area contributed by atoms with Gasteiger partial charge in [-0.05, 0) is 47.1 Å². The average molecular weight is 480 g/mol. The van der Waals surface area contributed by atoms with E-state index < -0.39 is 24.0 Å². The highest BCUT2D eigenvalue weighted by atomic mass is 32.1. The van der Waals surface area contributed by atoms with Crippen molar-refractivity contribution in [1.29, 1.82) is 0 Å². The van der Waals surface area contributed by atoms with E-state index in [1.807, 2.05) is 36.4 Å². The third-order valence-electron chi connectivity index (χ3n) is 6.04. The van der Waals surface area contributed by atoms with Crippen molar-refractivity contribution in [2.75, 3.05) is 18.6 Å². The van der Waals surface area contributed by atoms with Crippen LogP contribution in [0.2, 0.25) is 0 Å². The number of carbonyl (C=O) groups excluding carboxylic acids is 2. The summed E-state index contributed by atoms with van der Waals surface area (Å²) in [5.74, 6) is -1.68. The molecule has 1 aromatic heterocycles. The molecular weight excluding hydrogens is 454 g/mol. The summed E-state index contributed by atoms with van der Waals surface area (Å²) < 4.78 is 9.60. The number of benzene rings is 2. The van der Waals surface area contributed by atoms with Gasteiger partial charge in [-0.3, -0.25) is 4.79 Å². The van der Waals surface area contributed by atoms with Crippen LogP contribution < -0.4 is 10.2 Å². The van der Waals surface area contributed by atoms with Crippen LogP contribution in [0.1, 0.15) is 46.4 Å². The summed E-state index contributed by atoms with van der Waals surface area (Å²) in [6, 6.07) is 15.2. The molecule has 0 bridgehead atoms. The van der Waals surface area contributed by atoms with Gasteiger partial charge in [-0.15, -0.1) is 0 Å². The zero-order valence-corrected chi connectivity index (χ0v) is 19.9. The van der Waals surface area contributed by atoms with E-state index in [9.17, 15) is 19.5 Å². The van der Waals surface area contributed by atoms with Crippen molar-refractivity contribution in [2.24, 2.45) is 0 Å². The lowest BCUT2D eigenvalue weighted by atomic mass is 9.98. The van der Waals surface area contributed by atoms with Crippen LogP contribution in [0.5, 0.6) is 0 Å². The Hall–Kier alpha value is -3.72. The minimum Gasteiger partial charge on any atom is -0.478 e. The van der Waals surface area contributed by atoms with Crippen LogP contribution in [0.25, 0.3) is 11.1 Å². The molecule has 1 atom stereocenters. The highest BCUT2D eigenvalue weighted by Gasteiger charge is 2.31. The Labute approximate surface area is 201 Å². The molecule has 34 heavy (non-hydrogen) atoms. The van der Waals surface area contributed by atoms with Crippen LogP contribution in [-0.2, 0) is 9.53 Å². The van der Waals surface area contributed by atoms with Crippen molar-refractivity contribution >= 4 is 34.5 Å². The summed E-state index contributed by atoms with van der Waals surface area (Å²) in [5, 5.41) is 12.3. The summed E-state index contributed by atoms with van der Waals surface area (Å²) in [6.07, 6.45) is -0.387. The molecule has 2 amide bonds. The number of amides is 2. The number of nitrogens with one attached hydrogen (secondary N) is 1. The predicted octanol–water partition coefficient (Wildman–Crippen LogP) is 4.43. The first kappa shape index (κ1) is 23.4. The molecule has 4 rings (SSSR count). The molecule has 0 saturated carbocycles. The number of nitrogens with zero attached hydrogens (tertiary/aromatic N) is 2. The van der Waals surface area contributed by atoms with Gasteiger partial charge in [0.2, 0.25) is 5.91 Å². The number of carboxylic acid groups (broad SMARTS) is 1. The van der Waals surface area contributed by atoms with Gasteiger partial charge in [0.25, 0.3) is 0 Å². The van der Waals surface area contributed by atoms with E-state index in [0.29, 0.717) is 12.1 Å². The summed E-state index contributed by atoms with van der Waals surface area (Å²) >= 11 is 0.932. The lowest BCUT2D eigenvalue weighted by Gasteiger charge is -2.23. The zero-order chi connectivity index (χ0) is 24.4. The van der Waals surface area contributed by atoms with Crippen molar-refractivity contribution < 1.29 is 24.2 Å². The van der Waals surface area contributed by atoms with E-state index in [1.165, 1.54) is 11.9 Å². The number of hydrogen-bond acceptors (Lipinski definition) is 6. The molecule has 0 unspecified atom stereocenters. The van der Waals surface area contributed by atoms with Crippen molar-refractivity contribution in [3.05, 3.63) is 70.9 Å². The Kier molecular flexibility index (Phi) is 6.65. The van der Waals surface area contributed by atoms with Gasteiger partial charge in [0.1, 0.15) is 23.2 Å². The van der Waals surface area contributed by atoms with E-state index in [1.54, 1.807) is 13.8 Å². The lowest BCUT2D eigenvalue weighted by Crippen LogP contribution is -2.47. The second kappa shape index (κ2) is 9.64. The number of anilines is 1. The Morgan fingerprint density at radius 2 is 1.71 bits per heavy atom. The second-order valence-corrected chi connectivity index (χ2v) is 8.83. The van der Waals surface area contributed by atoms with Gasteiger partial charge in [0, 0.05) is 13.0 Å². The molecule has 0 aliphatic heterocycles. The zero-order valence-electron chi connectivity index (χ0n) is 19.1. The summed E-state index contributed by atoms with van der Waals surface area (Å²) in [6.45, 7) is 3.47. The number of ether oxygens (including phenoxy) is 1. The van der Waals surface area contributed by atoms with Crippen molar-refractivity contribution in [3.63, 3.8) is 0 Å². The fourth-order valence-corrected chi connectivity index (χ4v) is 5.14. The van der Waals surface area contributed by atoms with Crippen LogP contribution in [0.4, 0.5) is 9.80 Å². The molecule has 9 heteroatoms. The quantitative estimate of drug-likeness (QED) is 0.519. The van der Waals surface area contributed by atoms with Gasteiger partial charge in [0.05, 0.1) is 5.69 Å². The molecule has 0 radical (unpaired) electrons. The number of aromatic nitrogens is 1. The fourth-order valence-electron chi connectivity index (χ4n) is 4.29. The van der Waals surface area contributed by atoms with E-state index >= 15 is 0 Å². The normalized spacial score (nSPS) is 13.0. The maximum absolute atomic E-state index is 13.0. The van der Waals surface area contributed by atoms with Crippen LogP contribution >= 0.6 is 11.5 Å². The Bertz CT molecular complexity index is 1210. The highest BCUT2D eigenvalue weighted by molar-refractivity contribution is 7.11. The number of carboxylic acids is 1. The fraction of sp³-hybridized carbons (Fsp3) is 0.280. The number of rotatable bonds is 7. The lowest BCUT2D eigenvalue weighted by molar-refractivity contribution is -0.120. The molecule has 1 aliphatic rings. The Balaban J connectivity index is 1.43. The smallest absolute Gasteiger partial charge is 0.407 e. The first-order valence-electron chi connectivity index (χ1n) is 10.9. The standard InChI is InChI=1S/C25H25N3O5S/c1-4-20(22(29)28(3)23-21(24(30)31)14(2)27-34-23)26-25(32)33-13-19-17-11-7-5-9-15(17)16-10-6-8-12-18(16)19/h5-12,19-20H,4,13H2,1-3H3,(H,26,32)(H,30,31)/t20-/m1/s1. The molecule has 1 heterocycles. The molecular formula is C25H25N3O5S. The largest absolute Gasteiger partial charge is 0.478 e. The monoisotopic (exact) mass is 479 g/mol. The second-order valence-electron chi connectivity index (χ2n) is 8.08. The highest BCUT2D eigenvalue weighted by Crippen LogP contribution is 2.44. The minimum atomic E-state index is -1.15. The number of aromatic carboxylic acids is 1. The van der Waals surface area contributed by atoms with Gasteiger partial charge >= 0.3 is 12.1 Å². The molecule has 2 aromatic carbocycles. The number of fused-ring (bicyclic) bond motifs is 3. The van der Waals surface area contributed by atoms with Crippen LogP contribution in [0.15, 0.2) is 48.5 Å². The number of carbonyl (C=O) groups is 3. The Morgan fingerprint density at radius 3 is 2.26 bits per heavy atom. The Morgan fingerprint density at radius 1 is 1.12 bits per heavy atom. The molecule has 2 N–H and O–H groups in total. The van der Waals surface area contributed by atoms with Gasteiger partial charge in [-0.2, -0.15) is 4.37 Å². The van der Waals surface area contributed by atoms with Crippen LogP contribution in [0, 0.1) is 6.92 Å².